The summed E-state index contributed by atoms with van der Waals surface area (Å²) in [6.07, 6.45) is -0.581. The van der Waals surface area contributed by atoms with Crippen molar-refractivity contribution in [2.24, 2.45) is 5.92 Å². The predicted octanol–water partition coefficient (Wildman–Crippen LogP) is 3.73. The molecule has 3 rings (SSSR count). The number of halogens is 3. The van der Waals surface area contributed by atoms with Crippen LogP contribution in [0.25, 0.3) is 0 Å². The minimum Gasteiger partial charge on any atom is -0.459 e. The second-order valence-electron chi connectivity index (χ2n) is 7.40. The first-order chi connectivity index (χ1) is 13.8. The van der Waals surface area contributed by atoms with Gasteiger partial charge in [-0.2, -0.15) is 13.2 Å². The van der Waals surface area contributed by atoms with Crippen molar-refractivity contribution in [1.82, 2.24) is 5.32 Å². The number of alkyl halides is 3. The van der Waals surface area contributed by atoms with Gasteiger partial charge in [-0.1, -0.05) is 12.1 Å². The molecule has 0 aromatic heterocycles. The molecule has 1 aromatic carbocycles. The minimum atomic E-state index is -4.41. The highest BCUT2D eigenvalue weighted by Crippen LogP contribution is 2.40. The van der Waals surface area contributed by atoms with Crippen LogP contribution in [0.3, 0.4) is 0 Å². The fraction of sp³-hybridized carbons (Fsp3) is 0.571. The summed E-state index contributed by atoms with van der Waals surface area (Å²) in [5.41, 5.74) is -0.0806. The summed E-state index contributed by atoms with van der Waals surface area (Å²) in [7, 11) is 0. The zero-order valence-corrected chi connectivity index (χ0v) is 16.2. The maximum absolute atomic E-state index is 12.9. The number of carbonyl (C=O) groups is 1. The van der Waals surface area contributed by atoms with Crippen molar-refractivity contribution >= 4 is 5.91 Å². The first-order valence-electron chi connectivity index (χ1n) is 9.92. The van der Waals surface area contributed by atoms with E-state index in [0.29, 0.717) is 25.0 Å². The molecule has 5 nitrogen and oxygen atoms in total. The standard InChI is InChI=1S/C21H26F3NO4/c1-2-28-20-16(4-3-11-26)17(12-18(29-20)19(27)25-15-9-10-15)13-5-7-14(8-6-13)21(22,23)24/h5-8,12,15-17,20,26H,2-4,9-11H2,1H3,(H,25,27)/t16-,17+,20+/m0/s1. The van der Waals surface area contributed by atoms with E-state index < -0.39 is 18.0 Å². The summed E-state index contributed by atoms with van der Waals surface area (Å²) >= 11 is 0. The second-order valence-corrected chi connectivity index (χ2v) is 7.40. The topological polar surface area (TPSA) is 67.8 Å². The van der Waals surface area contributed by atoms with Crippen LogP contribution in [0.1, 0.15) is 49.7 Å². The molecule has 0 unspecified atom stereocenters. The van der Waals surface area contributed by atoms with Gasteiger partial charge in [0.1, 0.15) is 0 Å². The molecule has 1 aromatic rings. The van der Waals surface area contributed by atoms with E-state index in [9.17, 15) is 23.1 Å². The number of carbonyl (C=O) groups excluding carboxylic acids is 1. The number of hydrogen-bond acceptors (Lipinski definition) is 4. The van der Waals surface area contributed by atoms with Crippen LogP contribution in [0.4, 0.5) is 13.2 Å². The van der Waals surface area contributed by atoms with Crippen molar-refractivity contribution in [2.75, 3.05) is 13.2 Å². The molecule has 3 atom stereocenters. The molecular formula is C21H26F3NO4. The smallest absolute Gasteiger partial charge is 0.416 e. The Morgan fingerprint density at radius 3 is 2.52 bits per heavy atom. The number of aliphatic hydroxyl groups is 1. The first-order valence-corrected chi connectivity index (χ1v) is 9.92. The van der Waals surface area contributed by atoms with Crippen molar-refractivity contribution in [1.29, 1.82) is 0 Å². The van der Waals surface area contributed by atoms with Gasteiger partial charge in [0, 0.05) is 31.1 Å². The lowest BCUT2D eigenvalue weighted by Crippen LogP contribution is -2.39. The monoisotopic (exact) mass is 413 g/mol. The Labute approximate surface area is 167 Å². The van der Waals surface area contributed by atoms with E-state index in [1.54, 1.807) is 6.08 Å². The first kappa shape index (κ1) is 21.6. The predicted molar refractivity (Wildman–Crippen MR) is 99.7 cm³/mol. The molecule has 1 fully saturated rings. The quantitative estimate of drug-likeness (QED) is 0.682. The van der Waals surface area contributed by atoms with E-state index in [1.807, 2.05) is 6.92 Å². The number of benzene rings is 1. The van der Waals surface area contributed by atoms with Gasteiger partial charge in [0.2, 0.25) is 6.29 Å². The third-order valence-corrected chi connectivity index (χ3v) is 5.17. The van der Waals surface area contributed by atoms with Crippen LogP contribution in [0.15, 0.2) is 36.1 Å². The summed E-state index contributed by atoms with van der Waals surface area (Å²) in [6, 6.07) is 5.10. The Kier molecular flexibility index (Phi) is 6.85. The van der Waals surface area contributed by atoms with Crippen LogP contribution >= 0.6 is 0 Å². The Hall–Kier alpha value is -2.06. The fourth-order valence-corrected chi connectivity index (χ4v) is 3.52. The molecule has 0 bridgehead atoms. The summed E-state index contributed by atoms with van der Waals surface area (Å²) in [4.78, 5) is 12.5. The van der Waals surface area contributed by atoms with E-state index in [4.69, 9.17) is 9.47 Å². The van der Waals surface area contributed by atoms with Gasteiger partial charge in [-0.05, 0) is 56.4 Å². The van der Waals surface area contributed by atoms with Crippen LogP contribution in [0.2, 0.25) is 0 Å². The Balaban J connectivity index is 1.92. The lowest BCUT2D eigenvalue weighted by atomic mass is 9.80. The third-order valence-electron chi connectivity index (χ3n) is 5.17. The SMILES string of the molecule is CCO[C@@H]1OC(C(=O)NC2CC2)=C[C@H](c2ccc(C(F)(F)F)cc2)[C@@H]1CCCO. The molecule has 160 valence electrons. The van der Waals surface area contributed by atoms with Gasteiger partial charge in [0.15, 0.2) is 5.76 Å². The molecule has 1 aliphatic carbocycles. The number of allylic oxidation sites excluding steroid dienone is 1. The Morgan fingerprint density at radius 1 is 1.28 bits per heavy atom. The van der Waals surface area contributed by atoms with Gasteiger partial charge < -0.3 is 19.9 Å². The van der Waals surface area contributed by atoms with E-state index >= 15 is 0 Å². The van der Waals surface area contributed by atoms with E-state index in [0.717, 1.165) is 25.0 Å². The lowest BCUT2D eigenvalue weighted by molar-refractivity contribution is -0.166. The van der Waals surface area contributed by atoms with Crippen LogP contribution in [-0.4, -0.2) is 36.6 Å². The average Bonchev–Trinajstić information content (AvgIpc) is 3.50. The molecule has 0 saturated heterocycles. The van der Waals surface area contributed by atoms with Gasteiger partial charge >= 0.3 is 6.18 Å². The van der Waals surface area contributed by atoms with Crippen molar-refractivity contribution in [2.45, 2.75) is 57.0 Å². The summed E-state index contributed by atoms with van der Waals surface area (Å²) < 4.78 is 50.3. The fourth-order valence-electron chi connectivity index (χ4n) is 3.52. The highest BCUT2D eigenvalue weighted by Gasteiger charge is 2.39. The molecule has 0 radical (unpaired) electrons. The molecular weight excluding hydrogens is 387 g/mol. The normalized spacial score (nSPS) is 24.6. The van der Waals surface area contributed by atoms with Crippen molar-refractivity contribution in [3.63, 3.8) is 0 Å². The van der Waals surface area contributed by atoms with Crippen molar-refractivity contribution < 1.29 is 32.5 Å². The number of amides is 1. The third kappa shape index (κ3) is 5.51. The molecule has 1 aliphatic heterocycles. The number of hydrogen-bond donors (Lipinski definition) is 2. The van der Waals surface area contributed by atoms with Gasteiger partial charge in [-0.15, -0.1) is 0 Å². The molecule has 29 heavy (non-hydrogen) atoms. The number of nitrogens with one attached hydrogen (secondary N) is 1. The van der Waals surface area contributed by atoms with Crippen molar-refractivity contribution in [3.8, 4) is 0 Å². The minimum absolute atomic E-state index is 0.0200. The maximum Gasteiger partial charge on any atom is 0.416 e. The van der Waals surface area contributed by atoms with Gasteiger partial charge in [-0.25, -0.2) is 0 Å². The molecule has 1 amide bonds. The Bertz CT molecular complexity index is 728. The van der Waals surface area contributed by atoms with Crippen molar-refractivity contribution in [3.05, 3.63) is 47.2 Å². The molecule has 2 N–H and O–H groups in total. The molecule has 1 heterocycles. The van der Waals surface area contributed by atoms with Gasteiger partial charge in [0.05, 0.1) is 5.56 Å². The zero-order valence-electron chi connectivity index (χ0n) is 16.2. The number of ether oxygens (including phenoxy) is 2. The molecule has 2 aliphatic rings. The maximum atomic E-state index is 12.9. The van der Waals surface area contributed by atoms with Crippen LogP contribution < -0.4 is 5.32 Å². The molecule has 0 spiro atoms. The van der Waals surface area contributed by atoms with E-state index in [2.05, 4.69) is 5.32 Å². The zero-order chi connectivity index (χ0) is 21.0. The summed E-state index contributed by atoms with van der Waals surface area (Å²) in [5.74, 6) is -0.819. The molecule has 1 saturated carbocycles. The highest BCUT2D eigenvalue weighted by atomic mass is 19.4. The Morgan fingerprint density at radius 2 is 1.97 bits per heavy atom. The van der Waals surface area contributed by atoms with Gasteiger partial charge in [-0.3, -0.25) is 4.79 Å². The lowest BCUT2D eigenvalue weighted by Gasteiger charge is -2.37. The second kappa shape index (κ2) is 9.17. The van der Waals surface area contributed by atoms with Crippen LogP contribution in [0.5, 0.6) is 0 Å². The van der Waals surface area contributed by atoms with Crippen LogP contribution in [-0.2, 0) is 20.4 Å². The highest BCUT2D eigenvalue weighted by molar-refractivity contribution is 5.92. The average molecular weight is 413 g/mol. The van der Waals surface area contributed by atoms with E-state index in [1.165, 1.54) is 12.1 Å². The van der Waals surface area contributed by atoms with Gasteiger partial charge in [0.25, 0.3) is 5.91 Å². The number of rotatable bonds is 8. The number of aliphatic hydroxyl groups excluding tert-OH is 1. The largest absolute Gasteiger partial charge is 0.459 e. The van der Waals surface area contributed by atoms with E-state index in [-0.39, 0.29) is 36.2 Å². The van der Waals surface area contributed by atoms with Crippen LogP contribution in [0, 0.1) is 5.92 Å². The summed E-state index contributed by atoms with van der Waals surface area (Å²) in [6.45, 7) is 2.15. The molecule has 8 heteroatoms. The summed E-state index contributed by atoms with van der Waals surface area (Å²) in [5, 5.41) is 12.1.